The lowest BCUT2D eigenvalue weighted by molar-refractivity contribution is 0.669. The Morgan fingerprint density at radius 3 is 1.72 bits per heavy atom. The van der Waals surface area contributed by atoms with E-state index in [-0.39, 0.29) is 0 Å². The Labute approximate surface area is 307 Å². The standard InChI is InChI=1S/C50H32N2O/c1-3-14-33(15-4-1)41-21-9-10-23-45(41)50-51-46(35-17-5-2-6-18-35)32-47(52-50)39-29-37(28-38(30-39)42-24-13-19-34-16-7-8-20-40(34)42)36-26-27-44-43-22-11-12-25-48(43)53-49(44)31-36/h1-32H. The third kappa shape index (κ3) is 5.65. The van der Waals surface area contributed by atoms with Gasteiger partial charge in [-0.15, -0.1) is 0 Å². The van der Waals surface area contributed by atoms with Gasteiger partial charge in [-0.3, -0.25) is 0 Å². The van der Waals surface area contributed by atoms with Crippen LogP contribution in [0.4, 0.5) is 0 Å². The molecule has 0 aliphatic carbocycles. The first-order valence-electron chi connectivity index (χ1n) is 17.9. The molecule has 10 rings (SSSR count). The zero-order valence-electron chi connectivity index (χ0n) is 28.8. The monoisotopic (exact) mass is 676 g/mol. The van der Waals surface area contributed by atoms with Crippen molar-refractivity contribution in [3.63, 3.8) is 0 Å². The Bertz CT molecular complexity index is 2940. The highest BCUT2D eigenvalue weighted by atomic mass is 16.3. The number of rotatable bonds is 6. The summed E-state index contributed by atoms with van der Waals surface area (Å²) in [6.07, 6.45) is 0. The largest absolute Gasteiger partial charge is 0.456 e. The van der Waals surface area contributed by atoms with Gasteiger partial charge in [-0.2, -0.15) is 0 Å². The molecule has 0 N–H and O–H groups in total. The lowest BCUT2D eigenvalue weighted by Crippen LogP contribution is -1.98. The van der Waals surface area contributed by atoms with Gasteiger partial charge in [-0.05, 0) is 86.6 Å². The lowest BCUT2D eigenvalue weighted by atomic mass is 9.92. The van der Waals surface area contributed by atoms with Crippen LogP contribution in [0.5, 0.6) is 0 Å². The molecule has 0 atom stereocenters. The Morgan fingerprint density at radius 1 is 0.302 bits per heavy atom. The van der Waals surface area contributed by atoms with E-state index in [2.05, 4.69) is 170 Å². The van der Waals surface area contributed by atoms with Gasteiger partial charge in [-0.1, -0.05) is 152 Å². The van der Waals surface area contributed by atoms with Gasteiger partial charge in [0, 0.05) is 27.5 Å². The second kappa shape index (κ2) is 12.9. The first-order chi connectivity index (χ1) is 26.2. The smallest absolute Gasteiger partial charge is 0.161 e. The van der Waals surface area contributed by atoms with Crippen LogP contribution in [0.3, 0.4) is 0 Å². The number of nitrogens with zero attached hydrogens (tertiary/aromatic N) is 2. The van der Waals surface area contributed by atoms with Gasteiger partial charge in [0.15, 0.2) is 5.82 Å². The van der Waals surface area contributed by atoms with Gasteiger partial charge in [0.1, 0.15) is 11.2 Å². The molecule has 3 heteroatoms. The van der Waals surface area contributed by atoms with Crippen LogP contribution in [0.2, 0.25) is 0 Å². The molecule has 0 aliphatic rings. The average molecular weight is 677 g/mol. The highest BCUT2D eigenvalue weighted by Crippen LogP contribution is 2.39. The molecule has 0 spiro atoms. The van der Waals surface area contributed by atoms with Gasteiger partial charge < -0.3 is 4.42 Å². The first-order valence-corrected chi connectivity index (χ1v) is 17.9. The van der Waals surface area contributed by atoms with Crippen LogP contribution >= 0.6 is 0 Å². The number of aromatic nitrogens is 2. The Morgan fingerprint density at radius 2 is 0.887 bits per heavy atom. The fourth-order valence-corrected chi connectivity index (χ4v) is 7.50. The van der Waals surface area contributed by atoms with Crippen molar-refractivity contribution in [2.24, 2.45) is 0 Å². The first kappa shape index (κ1) is 30.7. The van der Waals surface area contributed by atoms with E-state index in [1.54, 1.807) is 0 Å². The molecular formula is C50H32N2O. The molecule has 10 aromatic rings. The molecule has 2 aromatic heterocycles. The van der Waals surface area contributed by atoms with E-state index >= 15 is 0 Å². The molecule has 0 fully saturated rings. The zero-order valence-corrected chi connectivity index (χ0v) is 28.8. The fourth-order valence-electron chi connectivity index (χ4n) is 7.50. The molecule has 0 amide bonds. The zero-order chi connectivity index (χ0) is 35.1. The van der Waals surface area contributed by atoms with Crippen molar-refractivity contribution >= 4 is 32.7 Å². The van der Waals surface area contributed by atoms with Crippen molar-refractivity contribution in [1.29, 1.82) is 0 Å². The normalized spacial score (nSPS) is 11.4. The van der Waals surface area contributed by atoms with Crippen LogP contribution in [-0.2, 0) is 0 Å². The van der Waals surface area contributed by atoms with E-state index in [4.69, 9.17) is 14.4 Å². The summed E-state index contributed by atoms with van der Waals surface area (Å²) in [5.74, 6) is 0.682. The number of benzene rings is 8. The van der Waals surface area contributed by atoms with Crippen LogP contribution in [0.1, 0.15) is 0 Å². The van der Waals surface area contributed by atoms with E-state index < -0.39 is 0 Å². The molecule has 2 heterocycles. The molecule has 0 radical (unpaired) electrons. The summed E-state index contributed by atoms with van der Waals surface area (Å²) >= 11 is 0. The van der Waals surface area contributed by atoms with Crippen molar-refractivity contribution < 1.29 is 4.42 Å². The molecule has 248 valence electrons. The second-order valence-corrected chi connectivity index (χ2v) is 13.4. The predicted octanol–water partition coefficient (Wildman–Crippen LogP) is 13.5. The number of para-hydroxylation sites is 1. The van der Waals surface area contributed by atoms with Gasteiger partial charge >= 0.3 is 0 Å². The van der Waals surface area contributed by atoms with Crippen LogP contribution in [0.15, 0.2) is 199 Å². The SMILES string of the molecule is c1ccc(-c2cc(-c3cc(-c4ccc5c(c4)oc4ccccc45)cc(-c4cccc5ccccc45)c3)nc(-c3ccccc3-c3ccccc3)n2)cc1. The molecular weight excluding hydrogens is 645 g/mol. The molecule has 0 saturated carbocycles. The van der Waals surface area contributed by atoms with Gasteiger partial charge in [-0.25, -0.2) is 9.97 Å². The van der Waals surface area contributed by atoms with E-state index in [1.165, 1.54) is 16.3 Å². The minimum absolute atomic E-state index is 0.682. The van der Waals surface area contributed by atoms with Gasteiger partial charge in [0.05, 0.1) is 11.4 Å². The van der Waals surface area contributed by atoms with Crippen molar-refractivity contribution in [3.05, 3.63) is 194 Å². The Kier molecular flexibility index (Phi) is 7.47. The van der Waals surface area contributed by atoms with Crippen molar-refractivity contribution in [3.8, 4) is 67.3 Å². The van der Waals surface area contributed by atoms with Crippen molar-refractivity contribution in [2.75, 3.05) is 0 Å². The molecule has 0 saturated heterocycles. The third-order valence-electron chi connectivity index (χ3n) is 10.1. The molecule has 8 aromatic carbocycles. The second-order valence-electron chi connectivity index (χ2n) is 13.4. The summed E-state index contributed by atoms with van der Waals surface area (Å²) in [6, 6.07) is 68.1. The fraction of sp³-hybridized carbons (Fsp3) is 0. The molecule has 0 aliphatic heterocycles. The number of fused-ring (bicyclic) bond motifs is 4. The number of hydrogen-bond acceptors (Lipinski definition) is 3. The van der Waals surface area contributed by atoms with Crippen LogP contribution in [-0.4, -0.2) is 9.97 Å². The maximum absolute atomic E-state index is 6.36. The molecule has 0 unspecified atom stereocenters. The van der Waals surface area contributed by atoms with Crippen LogP contribution < -0.4 is 0 Å². The summed E-state index contributed by atoms with van der Waals surface area (Å²) in [7, 11) is 0. The summed E-state index contributed by atoms with van der Waals surface area (Å²) in [5, 5.41) is 4.64. The minimum atomic E-state index is 0.682. The highest BCUT2D eigenvalue weighted by molar-refractivity contribution is 6.06. The maximum Gasteiger partial charge on any atom is 0.161 e. The summed E-state index contributed by atoms with van der Waals surface area (Å²) < 4.78 is 6.36. The maximum atomic E-state index is 6.36. The molecule has 0 bridgehead atoms. The third-order valence-corrected chi connectivity index (χ3v) is 10.1. The molecule has 53 heavy (non-hydrogen) atoms. The lowest BCUT2D eigenvalue weighted by Gasteiger charge is -2.15. The number of hydrogen-bond donors (Lipinski definition) is 0. The van der Waals surface area contributed by atoms with Crippen LogP contribution in [0, 0.1) is 0 Å². The van der Waals surface area contributed by atoms with Crippen molar-refractivity contribution in [2.45, 2.75) is 0 Å². The minimum Gasteiger partial charge on any atom is -0.456 e. The van der Waals surface area contributed by atoms with E-state index in [9.17, 15) is 0 Å². The Hall–Kier alpha value is -7.10. The Balaban J connectivity index is 1.22. The quantitative estimate of drug-likeness (QED) is 0.176. The predicted molar refractivity (Wildman–Crippen MR) is 219 cm³/mol. The van der Waals surface area contributed by atoms with Crippen LogP contribution in [0.25, 0.3) is 100.0 Å². The highest BCUT2D eigenvalue weighted by Gasteiger charge is 2.17. The van der Waals surface area contributed by atoms with Gasteiger partial charge in [0.2, 0.25) is 0 Å². The summed E-state index contributed by atoms with van der Waals surface area (Å²) in [6.45, 7) is 0. The van der Waals surface area contributed by atoms with Crippen molar-refractivity contribution in [1.82, 2.24) is 9.97 Å². The topological polar surface area (TPSA) is 38.9 Å². The molecule has 3 nitrogen and oxygen atoms in total. The van der Waals surface area contributed by atoms with E-state index in [0.29, 0.717) is 5.82 Å². The summed E-state index contributed by atoms with van der Waals surface area (Å²) in [5.41, 5.74) is 13.2. The summed E-state index contributed by atoms with van der Waals surface area (Å²) in [4.78, 5) is 10.6. The van der Waals surface area contributed by atoms with Gasteiger partial charge in [0.25, 0.3) is 0 Å². The van der Waals surface area contributed by atoms with E-state index in [1.807, 2.05) is 24.3 Å². The number of furan rings is 1. The average Bonchev–Trinajstić information content (AvgIpc) is 3.62. The van der Waals surface area contributed by atoms with E-state index in [0.717, 1.165) is 77.8 Å².